The normalized spacial score (nSPS) is 19.4. The number of fused-ring (bicyclic) bond motifs is 1. The average Bonchev–Trinajstić information content (AvgIpc) is 2.58. The molecule has 0 spiro atoms. The molecule has 1 aliphatic rings. The van der Waals surface area contributed by atoms with Crippen molar-refractivity contribution in [3.8, 4) is 0 Å². The maximum Gasteiger partial charge on any atom is 0.150 e. The van der Waals surface area contributed by atoms with Crippen LogP contribution in [0.4, 0.5) is 0 Å². The van der Waals surface area contributed by atoms with E-state index in [0.717, 1.165) is 17.4 Å². The predicted octanol–water partition coefficient (Wildman–Crippen LogP) is 6.00. The Hall–Kier alpha value is -1.89. The third-order valence-corrected chi connectivity index (χ3v) is 5.93. The molecule has 24 heavy (non-hydrogen) atoms. The Morgan fingerprint density at radius 2 is 1.50 bits per heavy atom. The molecule has 1 atom stereocenters. The molecule has 1 heteroatoms. The maximum atomic E-state index is 11.5. The van der Waals surface area contributed by atoms with Crippen LogP contribution in [-0.2, 0) is 10.8 Å². The van der Waals surface area contributed by atoms with E-state index in [-0.39, 0.29) is 16.7 Å². The second-order valence-electron chi connectivity index (χ2n) is 8.51. The Labute approximate surface area is 146 Å². The van der Waals surface area contributed by atoms with Gasteiger partial charge in [0.25, 0.3) is 0 Å². The Balaban J connectivity index is 2.21. The van der Waals surface area contributed by atoms with Crippen LogP contribution in [0.25, 0.3) is 0 Å². The summed E-state index contributed by atoms with van der Waals surface area (Å²) < 4.78 is 0. The van der Waals surface area contributed by atoms with E-state index in [4.69, 9.17) is 0 Å². The lowest BCUT2D eigenvalue weighted by molar-refractivity contribution is 0.112. The van der Waals surface area contributed by atoms with Gasteiger partial charge in [-0.25, -0.2) is 0 Å². The molecule has 0 N–H and O–H groups in total. The van der Waals surface area contributed by atoms with E-state index in [1.807, 2.05) is 18.2 Å². The molecule has 1 nitrogen and oxygen atoms in total. The van der Waals surface area contributed by atoms with Crippen molar-refractivity contribution in [2.45, 2.75) is 64.2 Å². The van der Waals surface area contributed by atoms with Gasteiger partial charge in [0.05, 0.1) is 0 Å². The lowest BCUT2D eigenvalue weighted by Crippen LogP contribution is -2.35. The van der Waals surface area contributed by atoms with E-state index in [1.54, 1.807) is 0 Å². The van der Waals surface area contributed by atoms with E-state index < -0.39 is 0 Å². The Bertz CT molecular complexity index is 767. The summed E-state index contributed by atoms with van der Waals surface area (Å²) in [7, 11) is 0. The summed E-state index contributed by atoms with van der Waals surface area (Å²) in [5, 5.41) is 0. The van der Waals surface area contributed by atoms with E-state index in [9.17, 15) is 4.79 Å². The molecule has 0 bridgehead atoms. The van der Waals surface area contributed by atoms with Gasteiger partial charge in [-0.15, -0.1) is 0 Å². The topological polar surface area (TPSA) is 17.1 Å². The molecule has 0 fully saturated rings. The van der Waals surface area contributed by atoms with Gasteiger partial charge in [-0.3, -0.25) is 4.79 Å². The lowest BCUT2D eigenvalue weighted by atomic mass is 9.61. The third kappa shape index (κ3) is 2.70. The van der Waals surface area contributed by atoms with Crippen LogP contribution in [0.5, 0.6) is 0 Å². The molecule has 0 saturated heterocycles. The fraction of sp³-hybridized carbons (Fsp3) is 0.435. The van der Waals surface area contributed by atoms with Crippen molar-refractivity contribution < 1.29 is 4.79 Å². The van der Waals surface area contributed by atoms with Gasteiger partial charge in [0.1, 0.15) is 6.29 Å². The highest BCUT2D eigenvalue weighted by Gasteiger charge is 2.39. The quantitative estimate of drug-likeness (QED) is 0.634. The van der Waals surface area contributed by atoms with Gasteiger partial charge in [-0.05, 0) is 45.9 Å². The number of hydrogen-bond acceptors (Lipinski definition) is 1. The summed E-state index contributed by atoms with van der Waals surface area (Å²) in [6, 6.07) is 14.7. The highest BCUT2D eigenvalue weighted by atomic mass is 16.1. The molecule has 0 amide bonds. The van der Waals surface area contributed by atoms with Crippen molar-refractivity contribution in [2.24, 2.45) is 0 Å². The Morgan fingerprint density at radius 3 is 2.21 bits per heavy atom. The lowest BCUT2D eigenvalue weighted by Gasteiger charge is -2.44. The molecule has 126 valence electrons. The molecule has 0 saturated carbocycles. The van der Waals surface area contributed by atoms with Crippen LogP contribution in [0.1, 0.15) is 86.0 Å². The first kappa shape index (κ1) is 17.0. The van der Waals surface area contributed by atoms with Crippen LogP contribution >= 0.6 is 0 Å². The van der Waals surface area contributed by atoms with Crippen LogP contribution in [0.3, 0.4) is 0 Å². The third-order valence-electron chi connectivity index (χ3n) is 5.93. The van der Waals surface area contributed by atoms with Crippen LogP contribution in [-0.4, -0.2) is 6.29 Å². The zero-order chi connectivity index (χ0) is 17.5. The number of rotatable bonds is 3. The van der Waals surface area contributed by atoms with Crippen molar-refractivity contribution >= 4 is 6.29 Å². The first-order valence-electron chi connectivity index (χ1n) is 8.96. The standard InChI is InChI=1S/C23H28O/c1-16(18-10-7-6-9-17(18)15-24)19-11-8-12-20-21(19)23(4,5)14-13-22(20,2)3/h6-12,15-16H,13-14H2,1-5H3. The van der Waals surface area contributed by atoms with Crippen LogP contribution in [0, 0.1) is 0 Å². The molecule has 0 aliphatic heterocycles. The molecule has 3 rings (SSSR count). The van der Waals surface area contributed by atoms with E-state index in [1.165, 1.54) is 29.5 Å². The number of hydrogen-bond donors (Lipinski definition) is 0. The van der Waals surface area contributed by atoms with Crippen LogP contribution in [0.2, 0.25) is 0 Å². The van der Waals surface area contributed by atoms with Crippen molar-refractivity contribution in [3.05, 3.63) is 70.3 Å². The highest BCUT2D eigenvalue weighted by molar-refractivity contribution is 5.78. The summed E-state index contributed by atoms with van der Waals surface area (Å²) in [6.07, 6.45) is 3.40. The number of aldehydes is 1. The minimum atomic E-state index is 0.172. The fourth-order valence-electron chi connectivity index (χ4n) is 4.32. The molecule has 0 heterocycles. The molecule has 2 aromatic rings. The van der Waals surface area contributed by atoms with Gasteiger partial charge >= 0.3 is 0 Å². The monoisotopic (exact) mass is 320 g/mol. The second kappa shape index (κ2) is 5.88. The zero-order valence-corrected chi connectivity index (χ0v) is 15.5. The van der Waals surface area contributed by atoms with Gasteiger partial charge < -0.3 is 0 Å². The SMILES string of the molecule is CC(c1ccccc1C=O)c1cccc2c1C(C)(C)CCC2(C)C. The second-order valence-corrected chi connectivity index (χ2v) is 8.51. The van der Waals surface area contributed by atoms with Crippen molar-refractivity contribution in [2.75, 3.05) is 0 Å². The van der Waals surface area contributed by atoms with Crippen molar-refractivity contribution in [1.82, 2.24) is 0 Å². The fourth-order valence-corrected chi connectivity index (χ4v) is 4.32. The predicted molar refractivity (Wildman–Crippen MR) is 101 cm³/mol. The largest absolute Gasteiger partial charge is 0.298 e. The summed E-state index contributed by atoms with van der Waals surface area (Å²) >= 11 is 0. The minimum Gasteiger partial charge on any atom is -0.298 e. The smallest absolute Gasteiger partial charge is 0.150 e. The summed E-state index contributed by atoms with van der Waals surface area (Å²) in [4.78, 5) is 11.5. The Kier molecular flexibility index (Phi) is 4.15. The molecule has 0 radical (unpaired) electrons. The molecule has 0 aromatic heterocycles. The molecular formula is C23H28O. The summed E-state index contributed by atoms with van der Waals surface area (Å²) in [5.74, 6) is 0.217. The van der Waals surface area contributed by atoms with E-state index >= 15 is 0 Å². The summed E-state index contributed by atoms with van der Waals surface area (Å²) in [5.41, 5.74) is 6.66. The highest BCUT2D eigenvalue weighted by Crippen LogP contribution is 2.49. The van der Waals surface area contributed by atoms with E-state index in [2.05, 4.69) is 58.9 Å². The van der Waals surface area contributed by atoms with Crippen LogP contribution in [0.15, 0.2) is 42.5 Å². The molecular weight excluding hydrogens is 292 g/mol. The molecule has 2 aromatic carbocycles. The number of carbonyl (C=O) groups excluding carboxylic acids is 1. The van der Waals surface area contributed by atoms with Gasteiger partial charge in [-0.1, -0.05) is 77.1 Å². The van der Waals surface area contributed by atoms with Crippen molar-refractivity contribution in [3.63, 3.8) is 0 Å². The van der Waals surface area contributed by atoms with Crippen molar-refractivity contribution in [1.29, 1.82) is 0 Å². The number of benzene rings is 2. The van der Waals surface area contributed by atoms with Gasteiger partial charge in [0, 0.05) is 11.5 Å². The zero-order valence-electron chi connectivity index (χ0n) is 15.5. The van der Waals surface area contributed by atoms with E-state index in [0.29, 0.717) is 0 Å². The van der Waals surface area contributed by atoms with Gasteiger partial charge in [0.15, 0.2) is 0 Å². The van der Waals surface area contributed by atoms with Crippen LogP contribution < -0.4 is 0 Å². The van der Waals surface area contributed by atoms with Gasteiger partial charge in [-0.2, -0.15) is 0 Å². The Morgan fingerprint density at radius 1 is 0.875 bits per heavy atom. The first-order chi connectivity index (χ1) is 11.3. The first-order valence-corrected chi connectivity index (χ1v) is 8.96. The molecule has 1 aliphatic carbocycles. The van der Waals surface area contributed by atoms with Gasteiger partial charge in [0.2, 0.25) is 0 Å². The molecule has 1 unspecified atom stereocenters. The minimum absolute atomic E-state index is 0.172. The maximum absolute atomic E-state index is 11.5. The average molecular weight is 320 g/mol. The number of carbonyl (C=O) groups is 1. The summed E-state index contributed by atoms with van der Waals surface area (Å²) in [6.45, 7) is 11.7.